The van der Waals surface area contributed by atoms with Crippen molar-refractivity contribution in [3.8, 4) is 0 Å². The Labute approximate surface area is 193 Å². The van der Waals surface area contributed by atoms with Gasteiger partial charge in [-0.3, -0.25) is 18.7 Å². The number of nitrogens with zero attached hydrogens (tertiary/aromatic N) is 5. The van der Waals surface area contributed by atoms with Crippen molar-refractivity contribution < 1.29 is 18.0 Å². The van der Waals surface area contributed by atoms with Gasteiger partial charge in [0.05, 0.1) is 5.75 Å². The summed E-state index contributed by atoms with van der Waals surface area (Å²) in [5.74, 6) is -0.584. The fraction of sp³-hybridized carbons (Fsp3) is 0.667. The molecule has 2 aromatic rings. The highest BCUT2D eigenvalue weighted by Crippen LogP contribution is 2.37. The SMILES string of the molecule is C[C@H](C1CC1)N(CC(F)(F)F)C(=O)CSc1nc(C(C)(C)C)nc2c1c(=O)n(C)c(=O)n2C. The molecule has 3 rings (SSSR count). The van der Waals surface area contributed by atoms with Crippen LogP contribution in [0.15, 0.2) is 14.6 Å². The lowest BCUT2D eigenvalue weighted by molar-refractivity contribution is -0.164. The summed E-state index contributed by atoms with van der Waals surface area (Å²) in [5.41, 5.74) is -1.60. The molecule has 0 radical (unpaired) electrons. The number of rotatable bonds is 6. The lowest BCUT2D eigenvalue weighted by atomic mass is 9.96. The minimum atomic E-state index is -4.52. The molecule has 1 amide bonds. The first-order valence-corrected chi connectivity index (χ1v) is 11.6. The van der Waals surface area contributed by atoms with E-state index in [1.807, 2.05) is 20.8 Å². The summed E-state index contributed by atoms with van der Waals surface area (Å²) in [7, 11) is 2.80. The van der Waals surface area contributed by atoms with E-state index in [2.05, 4.69) is 9.97 Å². The second-order valence-electron chi connectivity index (χ2n) is 9.51. The van der Waals surface area contributed by atoms with Crippen LogP contribution in [0.2, 0.25) is 0 Å². The minimum Gasteiger partial charge on any atom is -0.330 e. The van der Waals surface area contributed by atoms with E-state index >= 15 is 0 Å². The van der Waals surface area contributed by atoms with Gasteiger partial charge in [0.2, 0.25) is 5.91 Å². The predicted octanol–water partition coefficient (Wildman–Crippen LogP) is 2.61. The molecule has 2 heterocycles. The Bertz CT molecular complexity index is 1200. The van der Waals surface area contributed by atoms with Gasteiger partial charge in [-0.05, 0) is 25.7 Å². The van der Waals surface area contributed by atoms with Crippen molar-refractivity contribution in [3.63, 3.8) is 0 Å². The Morgan fingerprint density at radius 1 is 1.15 bits per heavy atom. The smallest absolute Gasteiger partial charge is 0.330 e. The lowest BCUT2D eigenvalue weighted by Gasteiger charge is -2.30. The molecule has 1 fully saturated rings. The maximum Gasteiger partial charge on any atom is 0.406 e. The van der Waals surface area contributed by atoms with Gasteiger partial charge in [-0.1, -0.05) is 32.5 Å². The molecule has 0 saturated heterocycles. The van der Waals surface area contributed by atoms with Crippen LogP contribution in [-0.2, 0) is 24.3 Å². The second kappa shape index (κ2) is 8.77. The van der Waals surface area contributed by atoms with Crippen molar-refractivity contribution in [1.82, 2.24) is 24.0 Å². The van der Waals surface area contributed by atoms with Crippen LogP contribution in [0.3, 0.4) is 0 Å². The van der Waals surface area contributed by atoms with Crippen LogP contribution in [0.5, 0.6) is 0 Å². The topological polar surface area (TPSA) is 90.1 Å². The molecular formula is C21H28F3N5O3S. The Hall–Kier alpha value is -2.37. The fourth-order valence-electron chi connectivity index (χ4n) is 3.57. The molecule has 0 unspecified atom stereocenters. The molecular weight excluding hydrogens is 459 g/mol. The Kier molecular flexibility index (Phi) is 6.71. The maximum absolute atomic E-state index is 13.1. The van der Waals surface area contributed by atoms with Crippen molar-refractivity contribution in [2.75, 3.05) is 12.3 Å². The number of aromatic nitrogens is 4. The zero-order chi connectivity index (χ0) is 24.9. The Balaban J connectivity index is 2.03. The van der Waals surface area contributed by atoms with E-state index in [1.54, 1.807) is 6.92 Å². The van der Waals surface area contributed by atoms with E-state index < -0.39 is 41.3 Å². The summed E-state index contributed by atoms with van der Waals surface area (Å²) in [6, 6.07) is -0.527. The van der Waals surface area contributed by atoms with Gasteiger partial charge in [0.15, 0.2) is 5.65 Å². The number of carbonyl (C=O) groups excluding carboxylic acids is 1. The molecule has 33 heavy (non-hydrogen) atoms. The minimum absolute atomic E-state index is 0.0583. The molecule has 1 saturated carbocycles. The summed E-state index contributed by atoms with van der Waals surface area (Å²) in [6.45, 7) is 5.88. The standard InChI is InChI=1S/C21H28F3N5O3S/c1-11(12-7-8-12)29(10-21(22,23)24)13(30)9-33-16-14-15(25-18(26-16)20(2,3)4)27(5)19(32)28(6)17(14)31/h11-12H,7-10H2,1-6H3/t11-/m1/s1. The number of alkyl halides is 3. The van der Waals surface area contributed by atoms with Crippen LogP contribution in [0.4, 0.5) is 13.2 Å². The van der Waals surface area contributed by atoms with Crippen LogP contribution in [0.1, 0.15) is 46.4 Å². The zero-order valence-corrected chi connectivity index (χ0v) is 20.3. The molecule has 0 spiro atoms. The molecule has 182 valence electrons. The summed E-state index contributed by atoms with van der Waals surface area (Å²) >= 11 is 0.891. The van der Waals surface area contributed by atoms with E-state index in [0.717, 1.165) is 34.1 Å². The molecule has 2 aromatic heterocycles. The number of halogens is 3. The van der Waals surface area contributed by atoms with E-state index in [1.165, 1.54) is 18.7 Å². The Morgan fingerprint density at radius 3 is 2.27 bits per heavy atom. The first kappa shape index (κ1) is 25.3. The van der Waals surface area contributed by atoms with Crippen LogP contribution in [0, 0.1) is 5.92 Å². The van der Waals surface area contributed by atoms with Gasteiger partial charge in [0, 0.05) is 25.6 Å². The lowest BCUT2D eigenvalue weighted by Crippen LogP contribution is -2.46. The summed E-state index contributed by atoms with van der Waals surface area (Å²) in [4.78, 5) is 47.9. The number of hydrogen-bond donors (Lipinski definition) is 0. The number of aryl methyl sites for hydroxylation is 1. The van der Waals surface area contributed by atoms with E-state index in [9.17, 15) is 27.6 Å². The molecule has 12 heteroatoms. The molecule has 1 aliphatic rings. The van der Waals surface area contributed by atoms with Gasteiger partial charge in [-0.15, -0.1) is 0 Å². The number of fused-ring (bicyclic) bond motifs is 1. The van der Waals surface area contributed by atoms with Crippen LogP contribution in [0.25, 0.3) is 11.0 Å². The van der Waals surface area contributed by atoms with Crippen molar-refractivity contribution in [3.05, 3.63) is 26.7 Å². The average Bonchev–Trinajstić information content (AvgIpc) is 3.55. The van der Waals surface area contributed by atoms with E-state index in [4.69, 9.17) is 0 Å². The molecule has 1 atom stereocenters. The molecule has 0 N–H and O–H groups in total. The van der Waals surface area contributed by atoms with Gasteiger partial charge >= 0.3 is 11.9 Å². The molecule has 0 aromatic carbocycles. The van der Waals surface area contributed by atoms with E-state index in [0.29, 0.717) is 5.82 Å². The maximum atomic E-state index is 13.1. The summed E-state index contributed by atoms with van der Waals surface area (Å²) in [6.07, 6.45) is -2.92. The van der Waals surface area contributed by atoms with Gasteiger partial charge in [-0.2, -0.15) is 13.2 Å². The van der Waals surface area contributed by atoms with Gasteiger partial charge < -0.3 is 4.90 Å². The second-order valence-corrected chi connectivity index (χ2v) is 10.5. The highest BCUT2D eigenvalue weighted by molar-refractivity contribution is 8.00. The summed E-state index contributed by atoms with van der Waals surface area (Å²) < 4.78 is 41.6. The van der Waals surface area contributed by atoms with Crippen LogP contribution >= 0.6 is 11.8 Å². The molecule has 8 nitrogen and oxygen atoms in total. The average molecular weight is 488 g/mol. The highest BCUT2D eigenvalue weighted by Gasteiger charge is 2.40. The van der Waals surface area contributed by atoms with Crippen molar-refractivity contribution in [2.24, 2.45) is 20.0 Å². The number of amides is 1. The first-order valence-electron chi connectivity index (χ1n) is 10.6. The third-order valence-electron chi connectivity index (χ3n) is 5.74. The number of carbonyl (C=O) groups is 1. The zero-order valence-electron chi connectivity index (χ0n) is 19.5. The molecule has 0 aliphatic heterocycles. The molecule has 1 aliphatic carbocycles. The fourth-order valence-corrected chi connectivity index (χ4v) is 4.47. The normalized spacial score (nSPS) is 15.7. The van der Waals surface area contributed by atoms with Crippen LogP contribution in [-0.4, -0.2) is 54.4 Å². The predicted molar refractivity (Wildman–Crippen MR) is 119 cm³/mol. The van der Waals surface area contributed by atoms with E-state index in [-0.39, 0.29) is 27.7 Å². The number of thioether (sulfide) groups is 1. The first-order chi connectivity index (χ1) is 15.1. The Morgan fingerprint density at radius 2 is 1.76 bits per heavy atom. The number of hydrogen-bond acceptors (Lipinski definition) is 6. The van der Waals surface area contributed by atoms with Crippen molar-refractivity contribution in [2.45, 2.75) is 63.2 Å². The monoisotopic (exact) mass is 487 g/mol. The van der Waals surface area contributed by atoms with Crippen LogP contribution < -0.4 is 11.2 Å². The van der Waals surface area contributed by atoms with Crippen molar-refractivity contribution in [1.29, 1.82) is 0 Å². The van der Waals surface area contributed by atoms with Gasteiger partial charge in [0.25, 0.3) is 5.56 Å². The third kappa shape index (κ3) is 5.42. The molecule has 0 bridgehead atoms. The quantitative estimate of drug-likeness (QED) is 0.460. The highest BCUT2D eigenvalue weighted by atomic mass is 32.2. The summed E-state index contributed by atoms with van der Waals surface area (Å²) in [5, 5.41) is 0.225. The largest absolute Gasteiger partial charge is 0.406 e. The third-order valence-corrected chi connectivity index (χ3v) is 6.70. The van der Waals surface area contributed by atoms with Gasteiger partial charge in [0.1, 0.15) is 22.8 Å². The van der Waals surface area contributed by atoms with Gasteiger partial charge in [-0.25, -0.2) is 14.8 Å². The van der Waals surface area contributed by atoms with Crippen molar-refractivity contribution >= 4 is 28.7 Å².